The van der Waals surface area contributed by atoms with E-state index in [1.807, 2.05) is 0 Å². The smallest absolute Gasteiger partial charge is 0.0635 e. The van der Waals surface area contributed by atoms with Crippen LogP contribution in [0.1, 0.15) is 25.8 Å². The molecule has 0 radical (unpaired) electrons. The fourth-order valence-corrected chi connectivity index (χ4v) is 3.31. The standard InChI is InChI=1S/C16H20N2S/c1-13(2)10-18(9-5-8-17)11-14-12-19-16-7-4-3-6-15(14)16/h3-4,6-7,12-13H,5,9-11H2,1-2H3. The maximum absolute atomic E-state index is 8.77. The van der Waals surface area contributed by atoms with Gasteiger partial charge in [-0.25, -0.2) is 0 Å². The molecule has 2 nitrogen and oxygen atoms in total. The van der Waals surface area contributed by atoms with Crippen LogP contribution in [0.4, 0.5) is 0 Å². The zero-order valence-corrected chi connectivity index (χ0v) is 12.4. The van der Waals surface area contributed by atoms with Crippen molar-refractivity contribution in [1.29, 1.82) is 5.26 Å². The normalized spacial score (nSPS) is 11.3. The van der Waals surface area contributed by atoms with Crippen LogP contribution in [0.3, 0.4) is 0 Å². The number of benzene rings is 1. The van der Waals surface area contributed by atoms with Crippen LogP contribution in [0.15, 0.2) is 29.6 Å². The molecule has 0 fully saturated rings. The molecule has 0 saturated carbocycles. The van der Waals surface area contributed by atoms with Crippen molar-refractivity contribution in [3.05, 3.63) is 35.2 Å². The molecule has 1 aromatic carbocycles. The van der Waals surface area contributed by atoms with E-state index in [9.17, 15) is 0 Å². The molecule has 0 atom stereocenters. The Labute approximate surface area is 119 Å². The molecule has 0 saturated heterocycles. The minimum atomic E-state index is 0.606. The maximum atomic E-state index is 8.77. The fourth-order valence-electron chi connectivity index (χ4n) is 2.36. The molecule has 2 rings (SSSR count). The van der Waals surface area contributed by atoms with Crippen LogP contribution < -0.4 is 0 Å². The molecule has 0 aliphatic carbocycles. The van der Waals surface area contributed by atoms with Crippen LogP contribution in [0.5, 0.6) is 0 Å². The minimum Gasteiger partial charge on any atom is -0.298 e. The summed E-state index contributed by atoms with van der Waals surface area (Å²) in [6.45, 7) is 7.31. The predicted octanol–water partition coefficient (Wildman–Crippen LogP) is 4.27. The number of nitriles is 1. The average Bonchev–Trinajstić information content (AvgIpc) is 2.79. The number of hydrogen-bond acceptors (Lipinski definition) is 3. The fraction of sp³-hybridized carbons (Fsp3) is 0.438. The predicted molar refractivity (Wildman–Crippen MR) is 82.2 cm³/mol. The second-order valence-electron chi connectivity index (χ2n) is 5.29. The molecular weight excluding hydrogens is 252 g/mol. The lowest BCUT2D eigenvalue weighted by atomic mass is 10.1. The zero-order chi connectivity index (χ0) is 13.7. The first kappa shape index (κ1) is 14.0. The van der Waals surface area contributed by atoms with E-state index in [-0.39, 0.29) is 0 Å². The highest BCUT2D eigenvalue weighted by molar-refractivity contribution is 7.17. The van der Waals surface area contributed by atoms with Gasteiger partial charge in [0.15, 0.2) is 0 Å². The van der Waals surface area contributed by atoms with Crippen LogP contribution >= 0.6 is 11.3 Å². The molecule has 2 aromatic rings. The Morgan fingerprint density at radius 2 is 2.11 bits per heavy atom. The molecule has 0 aliphatic heterocycles. The molecule has 0 spiro atoms. The Morgan fingerprint density at radius 1 is 1.32 bits per heavy atom. The number of rotatable bonds is 6. The Hall–Kier alpha value is -1.37. The highest BCUT2D eigenvalue weighted by Gasteiger charge is 2.11. The third-order valence-electron chi connectivity index (χ3n) is 3.12. The molecule has 1 aromatic heterocycles. The maximum Gasteiger partial charge on any atom is 0.0635 e. The van der Waals surface area contributed by atoms with Crippen LogP contribution in [0, 0.1) is 17.2 Å². The van der Waals surface area contributed by atoms with Crippen LogP contribution in [0.2, 0.25) is 0 Å². The molecule has 0 bridgehead atoms. The van der Waals surface area contributed by atoms with E-state index >= 15 is 0 Å². The van der Waals surface area contributed by atoms with Gasteiger partial charge in [0.1, 0.15) is 0 Å². The second kappa shape index (κ2) is 6.70. The second-order valence-corrected chi connectivity index (χ2v) is 6.21. The highest BCUT2D eigenvalue weighted by atomic mass is 32.1. The average molecular weight is 272 g/mol. The van der Waals surface area contributed by atoms with Gasteiger partial charge in [0.25, 0.3) is 0 Å². The van der Waals surface area contributed by atoms with Crippen molar-refractivity contribution >= 4 is 21.4 Å². The summed E-state index contributed by atoms with van der Waals surface area (Å²) in [4.78, 5) is 2.39. The molecule has 0 unspecified atom stereocenters. The Kier molecular flexibility index (Phi) is 4.95. The van der Waals surface area contributed by atoms with E-state index < -0.39 is 0 Å². The van der Waals surface area contributed by atoms with Crippen LogP contribution in [-0.2, 0) is 6.54 Å². The quantitative estimate of drug-likeness (QED) is 0.785. The summed E-state index contributed by atoms with van der Waals surface area (Å²) >= 11 is 1.81. The van der Waals surface area contributed by atoms with Gasteiger partial charge in [0, 0.05) is 30.8 Å². The molecular formula is C16H20N2S. The van der Waals surface area contributed by atoms with Gasteiger partial charge < -0.3 is 0 Å². The summed E-state index contributed by atoms with van der Waals surface area (Å²) in [5.74, 6) is 0.628. The first-order chi connectivity index (χ1) is 9.20. The SMILES string of the molecule is CC(C)CN(CCC#N)Cc1csc2ccccc12. The number of hydrogen-bond donors (Lipinski definition) is 0. The van der Waals surface area contributed by atoms with Gasteiger partial charge in [-0.1, -0.05) is 32.0 Å². The van der Waals surface area contributed by atoms with E-state index in [2.05, 4.69) is 54.5 Å². The molecule has 0 amide bonds. The van der Waals surface area contributed by atoms with Crippen molar-refractivity contribution in [2.45, 2.75) is 26.8 Å². The van der Waals surface area contributed by atoms with E-state index in [0.717, 1.165) is 19.6 Å². The van der Waals surface area contributed by atoms with E-state index in [4.69, 9.17) is 5.26 Å². The highest BCUT2D eigenvalue weighted by Crippen LogP contribution is 2.26. The number of thiophene rings is 1. The molecule has 0 N–H and O–H groups in total. The first-order valence-corrected chi connectivity index (χ1v) is 7.63. The van der Waals surface area contributed by atoms with Gasteiger partial charge in [-0.05, 0) is 28.3 Å². The molecule has 19 heavy (non-hydrogen) atoms. The van der Waals surface area contributed by atoms with E-state index in [0.29, 0.717) is 12.3 Å². The zero-order valence-electron chi connectivity index (χ0n) is 11.6. The van der Waals surface area contributed by atoms with Gasteiger partial charge >= 0.3 is 0 Å². The van der Waals surface area contributed by atoms with Crippen molar-refractivity contribution in [3.63, 3.8) is 0 Å². The van der Waals surface area contributed by atoms with Crippen molar-refractivity contribution in [2.24, 2.45) is 5.92 Å². The molecule has 0 aliphatic rings. The Morgan fingerprint density at radius 3 is 2.84 bits per heavy atom. The van der Waals surface area contributed by atoms with Gasteiger partial charge in [0.2, 0.25) is 0 Å². The van der Waals surface area contributed by atoms with Crippen LogP contribution in [-0.4, -0.2) is 18.0 Å². The number of fused-ring (bicyclic) bond motifs is 1. The lowest BCUT2D eigenvalue weighted by Crippen LogP contribution is -2.28. The molecule has 100 valence electrons. The largest absolute Gasteiger partial charge is 0.298 e. The lowest BCUT2D eigenvalue weighted by Gasteiger charge is -2.23. The monoisotopic (exact) mass is 272 g/mol. The van der Waals surface area contributed by atoms with Gasteiger partial charge in [-0.3, -0.25) is 4.90 Å². The summed E-state index contributed by atoms with van der Waals surface area (Å²) in [6, 6.07) is 10.8. The van der Waals surface area contributed by atoms with E-state index in [1.54, 1.807) is 11.3 Å². The van der Waals surface area contributed by atoms with Gasteiger partial charge in [0.05, 0.1) is 6.07 Å². The minimum absolute atomic E-state index is 0.606. The van der Waals surface area contributed by atoms with Crippen molar-refractivity contribution in [3.8, 4) is 6.07 Å². The summed E-state index contributed by atoms with van der Waals surface area (Å²) in [7, 11) is 0. The first-order valence-electron chi connectivity index (χ1n) is 6.75. The van der Waals surface area contributed by atoms with Crippen LogP contribution in [0.25, 0.3) is 10.1 Å². The van der Waals surface area contributed by atoms with E-state index in [1.165, 1.54) is 15.6 Å². The summed E-state index contributed by atoms with van der Waals surface area (Å²) < 4.78 is 1.35. The number of nitrogens with zero attached hydrogens (tertiary/aromatic N) is 2. The molecule has 1 heterocycles. The van der Waals surface area contributed by atoms with Gasteiger partial charge in [-0.15, -0.1) is 11.3 Å². The summed E-state index contributed by atoms with van der Waals surface area (Å²) in [5, 5.41) is 12.4. The van der Waals surface area contributed by atoms with Crippen molar-refractivity contribution in [2.75, 3.05) is 13.1 Å². The molecule has 3 heteroatoms. The lowest BCUT2D eigenvalue weighted by molar-refractivity contribution is 0.242. The summed E-state index contributed by atoms with van der Waals surface area (Å²) in [5.41, 5.74) is 1.39. The third-order valence-corrected chi connectivity index (χ3v) is 4.13. The Balaban J connectivity index is 2.13. The summed E-state index contributed by atoms with van der Waals surface area (Å²) in [6.07, 6.45) is 0.606. The van der Waals surface area contributed by atoms with Crippen molar-refractivity contribution < 1.29 is 0 Å². The Bertz CT molecular complexity index is 565. The van der Waals surface area contributed by atoms with Crippen molar-refractivity contribution in [1.82, 2.24) is 4.90 Å². The topological polar surface area (TPSA) is 27.0 Å². The van der Waals surface area contributed by atoms with Gasteiger partial charge in [-0.2, -0.15) is 5.26 Å². The third kappa shape index (κ3) is 3.79.